The molecule has 0 radical (unpaired) electrons. The SMILES string of the molecule is CC(C)OC(=O)/C=C/n1cnc(-c2cccc(C(F)(F)F)c2)n1. The van der Waals surface area contributed by atoms with Gasteiger partial charge < -0.3 is 4.74 Å². The van der Waals surface area contributed by atoms with Crippen molar-refractivity contribution in [3.63, 3.8) is 0 Å². The van der Waals surface area contributed by atoms with E-state index in [-0.39, 0.29) is 17.5 Å². The minimum Gasteiger partial charge on any atom is -0.460 e. The number of nitrogens with zero attached hydrogens (tertiary/aromatic N) is 3. The average molecular weight is 325 g/mol. The van der Waals surface area contributed by atoms with E-state index < -0.39 is 17.7 Å². The zero-order chi connectivity index (χ0) is 17.0. The Bertz CT molecular complexity index is 721. The molecular formula is C15H14F3N3O2. The Morgan fingerprint density at radius 1 is 1.35 bits per heavy atom. The molecule has 2 rings (SSSR count). The lowest BCUT2D eigenvalue weighted by Gasteiger charge is -2.06. The molecule has 0 unspecified atom stereocenters. The molecule has 8 heteroatoms. The van der Waals surface area contributed by atoms with Crippen LogP contribution in [0.2, 0.25) is 0 Å². The van der Waals surface area contributed by atoms with Crippen molar-refractivity contribution in [2.45, 2.75) is 26.1 Å². The van der Waals surface area contributed by atoms with E-state index in [0.717, 1.165) is 18.2 Å². The summed E-state index contributed by atoms with van der Waals surface area (Å²) in [5.41, 5.74) is -0.542. The lowest BCUT2D eigenvalue weighted by atomic mass is 10.1. The van der Waals surface area contributed by atoms with Crippen LogP contribution in [0, 0.1) is 0 Å². The number of benzene rings is 1. The summed E-state index contributed by atoms with van der Waals surface area (Å²) in [7, 11) is 0. The number of carbonyl (C=O) groups is 1. The molecular weight excluding hydrogens is 311 g/mol. The summed E-state index contributed by atoms with van der Waals surface area (Å²) in [6.07, 6.45) is -0.920. The van der Waals surface area contributed by atoms with Crippen LogP contribution in [0.15, 0.2) is 36.7 Å². The summed E-state index contributed by atoms with van der Waals surface area (Å²) in [6.45, 7) is 3.43. The molecule has 0 aliphatic carbocycles. The van der Waals surface area contributed by atoms with Crippen molar-refractivity contribution in [2.24, 2.45) is 0 Å². The fourth-order valence-electron chi connectivity index (χ4n) is 1.72. The molecule has 0 aliphatic heterocycles. The molecule has 0 amide bonds. The van der Waals surface area contributed by atoms with Crippen LogP contribution in [-0.2, 0) is 15.7 Å². The topological polar surface area (TPSA) is 57.0 Å². The number of rotatable bonds is 4. The second-order valence-corrected chi connectivity index (χ2v) is 4.93. The number of hydrogen-bond donors (Lipinski definition) is 0. The summed E-state index contributed by atoms with van der Waals surface area (Å²) in [5, 5.41) is 4.00. The number of halogens is 3. The number of ether oxygens (including phenoxy) is 1. The minimum atomic E-state index is -4.43. The van der Waals surface area contributed by atoms with E-state index >= 15 is 0 Å². The van der Waals surface area contributed by atoms with Crippen molar-refractivity contribution >= 4 is 12.2 Å². The fourth-order valence-corrected chi connectivity index (χ4v) is 1.72. The van der Waals surface area contributed by atoms with Gasteiger partial charge in [0.05, 0.1) is 11.7 Å². The van der Waals surface area contributed by atoms with E-state index in [2.05, 4.69) is 10.1 Å². The van der Waals surface area contributed by atoms with Gasteiger partial charge in [0.1, 0.15) is 6.33 Å². The molecule has 0 fully saturated rings. The standard InChI is InChI=1S/C15H14F3N3O2/c1-10(2)23-13(22)6-7-21-9-19-14(20-21)11-4-3-5-12(8-11)15(16,17)18/h3-10H,1-2H3/b7-6+. The maximum atomic E-state index is 12.7. The molecule has 0 saturated heterocycles. The van der Waals surface area contributed by atoms with Gasteiger partial charge in [-0.05, 0) is 26.0 Å². The number of aromatic nitrogens is 3. The third-order valence-corrected chi connectivity index (χ3v) is 2.67. The third-order valence-electron chi connectivity index (χ3n) is 2.67. The van der Waals surface area contributed by atoms with Crippen LogP contribution in [0.3, 0.4) is 0 Å². The quantitative estimate of drug-likeness (QED) is 0.639. The van der Waals surface area contributed by atoms with Crippen molar-refractivity contribution < 1.29 is 22.7 Å². The summed E-state index contributed by atoms with van der Waals surface area (Å²) >= 11 is 0. The van der Waals surface area contributed by atoms with Crippen molar-refractivity contribution in [3.05, 3.63) is 42.2 Å². The van der Waals surface area contributed by atoms with Crippen LogP contribution < -0.4 is 0 Å². The van der Waals surface area contributed by atoms with Gasteiger partial charge >= 0.3 is 12.1 Å². The largest absolute Gasteiger partial charge is 0.460 e. The number of hydrogen-bond acceptors (Lipinski definition) is 4. The molecule has 2 aromatic rings. The van der Waals surface area contributed by atoms with Gasteiger partial charge in [0.15, 0.2) is 5.82 Å². The van der Waals surface area contributed by atoms with Gasteiger partial charge in [-0.1, -0.05) is 12.1 Å². The highest BCUT2D eigenvalue weighted by Crippen LogP contribution is 2.31. The van der Waals surface area contributed by atoms with Crippen LogP contribution in [-0.4, -0.2) is 26.8 Å². The predicted molar refractivity (Wildman–Crippen MR) is 77.0 cm³/mol. The Kier molecular flexibility index (Phi) is 4.83. The molecule has 1 heterocycles. The van der Waals surface area contributed by atoms with Crippen molar-refractivity contribution in [1.29, 1.82) is 0 Å². The first-order valence-corrected chi connectivity index (χ1v) is 6.73. The van der Waals surface area contributed by atoms with Gasteiger partial charge in [-0.25, -0.2) is 14.5 Å². The predicted octanol–water partition coefficient (Wildman–Crippen LogP) is 3.39. The highest BCUT2D eigenvalue weighted by molar-refractivity contribution is 5.85. The van der Waals surface area contributed by atoms with E-state index in [0.29, 0.717) is 0 Å². The molecule has 1 aromatic heterocycles. The number of esters is 1. The molecule has 0 spiro atoms. The number of alkyl halides is 3. The van der Waals surface area contributed by atoms with Crippen molar-refractivity contribution in [3.8, 4) is 11.4 Å². The Hall–Kier alpha value is -2.64. The van der Waals surface area contributed by atoms with Gasteiger partial charge in [0, 0.05) is 17.8 Å². The fraction of sp³-hybridized carbons (Fsp3) is 0.267. The van der Waals surface area contributed by atoms with E-state index in [1.165, 1.54) is 29.3 Å². The maximum Gasteiger partial charge on any atom is 0.416 e. The Morgan fingerprint density at radius 3 is 2.74 bits per heavy atom. The number of carbonyl (C=O) groups excluding carboxylic acids is 1. The lowest BCUT2D eigenvalue weighted by molar-refractivity contribution is -0.141. The van der Waals surface area contributed by atoms with Crippen LogP contribution in [0.5, 0.6) is 0 Å². The smallest absolute Gasteiger partial charge is 0.416 e. The van der Waals surface area contributed by atoms with Gasteiger partial charge in [-0.3, -0.25) is 0 Å². The molecule has 23 heavy (non-hydrogen) atoms. The Balaban J connectivity index is 2.17. The minimum absolute atomic E-state index is 0.123. The van der Waals surface area contributed by atoms with E-state index in [9.17, 15) is 18.0 Å². The van der Waals surface area contributed by atoms with Gasteiger partial charge in [0.25, 0.3) is 0 Å². The van der Waals surface area contributed by atoms with Crippen LogP contribution in [0.25, 0.3) is 17.6 Å². The molecule has 5 nitrogen and oxygen atoms in total. The van der Waals surface area contributed by atoms with Gasteiger partial charge in [-0.2, -0.15) is 13.2 Å². The second kappa shape index (κ2) is 6.64. The first-order chi connectivity index (χ1) is 10.8. The summed E-state index contributed by atoms with van der Waals surface area (Å²) in [4.78, 5) is 15.3. The summed E-state index contributed by atoms with van der Waals surface area (Å²) < 4.78 is 44.2. The highest BCUT2D eigenvalue weighted by atomic mass is 19.4. The normalized spacial score (nSPS) is 12.1. The maximum absolute atomic E-state index is 12.7. The van der Waals surface area contributed by atoms with Crippen LogP contribution in [0.4, 0.5) is 13.2 Å². The van der Waals surface area contributed by atoms with Crippen LogP contribution >= 0.6 is 0 Å². The first kappa shape index (κ1) is 16.7. The van der Waals surface area contributed by atoms with Gasteiger partial charge in [-0.15, -0.1) is 5.10 Å². The summed E-state index contributed by atoms with van der Waals surface area (Å²) in [6, 6.07) is 4.71. The molecule has 0 N–H and O–H groups in total. The Labute approximate surface area is 130 Å². The molecule has 0 aliphatic rings. The second-order valence-electron chi connectivity index (χ2n) is 4.93. The van der Waals surface area contributed by atoms with Crippen molar-refractivity contribution in [1.82, 2.24) is 14.8 Å². The zero-order valence-corrected chi connectivity index (χ0v) is 12.4. The third kappa shape index (κ3) is 4.67. The summed E-state index contributed by atoms with van der Waals surface area (Å²) in [5.74, 6) is -0.422. The van der Waals surface area contributed by atoms with Crippen molar-refractivity contribution in [2.75, 3.05) is 0 Å². The van der Waals surface area contributed by atoms with Crippen LogP contribution in [0.1, 0.15) is 19.4 Å². The monoisotopic (exact) mass is 325 g/mol. The Morgan fingerprint density at radius 2 is 2.09 bits per heavy atom. The lowest BCUT2D eigenvalue weighted by Crippen LogP contribution is -2.08. The molecule has 0 saturated carbocycles. The zero-order valence-electron chi connectivity index (χ0n) is 12.4. The first-order valence-electron chi connectivity index (χ1n) is 6.73. The molecule has 0 bridgehead atoms. The van der Waals surface area contributed by atoms with Gasteiger partial charge in [0.2, 0.25) is 0 Å². The van der Waals surface area contributed by atoms with E-state index in [1.54, 1.807) is 13.8 Å². The average Bonchev–Trinajstić information content (AvgIpc) is 2.92. The highest BCUT2D eigenvalue weighted by Gasteiger charge is 2.30. The molecule has 0 atom stereocenters. The van der Waals surface area contributed by atoms with E-state index in [1.807, 2.05) is 0 Å². The molecule has 122 valence electrons. The van der Waals surface area contributed by atoms with E-state index in [4.69, 9.17) is 4.74 Å². The molecule has 1 aromatic carbocycles.